The minimum Gasteiger partial charge on any atom is -0.354 e. The Kier molecular flexibility index (Phi) is 5.09. The molecule has 6 heteroatoms. The summed E-state index contributed by atoms with van der Waals surface area (Å²) in [6.07, 6.45) is 1.05. The minimum atomic E-state index is -0.586. The normalized spacial score (nSPS) is 12.3. The zero-order chi connectivity index (χ0) is 17.8. The van der Waals surface area contributed by atoms with E-state index in [1.165, 1.54) is 12.1 Å². The molecule has 1 atom stereocenters. The van der Waals surface area contributed by atoms with Gasteiger partial charge in [0.1, 0.15) is 11.6 Å². The maximum Gasteiger partial charge on any atom is 0.237 e. The highest BCUT2D eigenvalue weighted by Crippen LogP contribution is 2.16. The summed E-state index contributed by atoms with van der Waals surface area (Å²) < 4.78 is 15.2. The Balaban J connectivity index is 1.55. The molecule has 3 aromatic rings. The topological polar surface area (TPSA) is 72.9 Å². The lowest BCUT2D eigenvalue weighted by Crippen LogP contribution is -2.42. The number of hydrogen-bond donors (Lipinski definition) is 2. The van der Waals surface area contributed by atoms with Crippen molar-refractivity contribution >= 4 is 16.9 Å². The predicted molar refractivity (Wildman–Crippen MR) is 95.5 cm³/mol. The molecule has 0 saturated heterocycles. The number of amides is 1. The molecule has 0 aliphatic rings. The van der Waals surface area contributed by atoms with Crippen LogP contribution in [0.2, 0.25) is 0 Å². The summed E-state index contributed by atoms with van der Waals surface area (Å²) in [5, 5.41) is 2.84. The average molecular weight is 340 g/mol. The van der Waals surface area contributed by atoms with Crippen LogP contribution >= 0.6 is 0 Å². The number of imidazole rings is 1. The van der Waals surface area contributed by atoms with Crippen LogP contribution in [0, 0.1) is 5.82 Å². The molecule has 0 aliphatic heterocycles. The van der Waals surface area contributed by atoms with Crippen LogP contribution in [-0.2, 0) is 24.7 Å². The van der Waals surface area contributed by atoms with E-state index in [2.05, 4.69) is 10.3 Å². The summed E-state index contributed by atoms with van der Waals surface area (Å²) >= 11 is 0. The van der Waals surface area contributed by atoms with Crippen molar-refractivity contribution in [1.82, 2.24) is 14.9 Å². The van der Waals surface area contributed by atoms with E-state index in [1.54, 1.807) is 6.07 Å². The van der Waals surface area contributed by atoms with Gasteiger partial charge in [0.15, 0.2) is 0 Å². The fraction of sp³-hybridized carbons (Fsp3) is 0.263. The molecule has 0 aliphatic carbocycles. The minimum absolute atomic E-state index is 0.186. The third-order valence-corrected chi connectivity index (χ3v) is 4.22. The van der Waals surface area contributed by atoms with Crippen LogP contribution in [0.1, 0.15) is 11.4 Å². The number of nitrogens with zero attached hydrogens (tertiary/aromatic N) is 2. The summed E-state index contributed by atoms with van der Waals surface area (Å²) in [6, 6.07) is 13.6. The number of halogens is 1. The van der Waals surface area contributed by atoms with Crippen molar-refractivity contribution in [1.29, 1.82) is 0 Å². The van der Waals surface area contributed by atoms with E-state index in [-0.39, 0.29) is 11.7 Å². The van der Waals surface area contributed by atoms with Gasteiger partial charge in [-0.2, -0.15) is 0 Å². The van der Waals surface area contributed by atoms with Crippen LogP contribution in [0.4, 0.5) is 4.39 Å². The van der Waals surface area contributed by atoms with Gasteiger partial charge in [-0.1, -0.05) is 30.3 Å². The summed E-state index contributed by atoms with van der Waals surface area (Å²) in [7, 11) is 1.88. The number of aromatic nitrogens is 2. The van der Waals surface area contributed by atoms with Crippen LogP contribution in [0.5, 0.6) is 0 Å². The van der Waals surface area contributed by atoms with E-state index in [0.29, 0.717) is 24.9 Å². The van der Waals surface area contributed by atoms with Crippen molar-refractivity contribution in [2.45, 2.75) is 18.9 Å². The molecule has 3 rings (SSSR count). The van der Waals surface area contributed by atoms with Crippen molar-refractivity contribution in [2.24, 2.45) is 12.8 Å². The van der Waals surface area contributed by atoms with Crippen LogP contribution in [0.25, 0.3) is 11.0 Å². The number of fused-ring (bicyclic) bond motifs is 1. The molecule has 130 valence electrons. The van der Waals surface area contributed by atoms with Crippen molar-refractivity contribution < 1.29 is 9.18 Å². The Morgan fingerprint density at radius 2 is 2.04 bits per heavy atom. The SMILES string of the molecule is Cn1c(CCNC(=O)C(N)Cc2ccccc2)nc2cc(F)ccc21. The third kappa shape index (κ3) is 4.03. The van der Waals surface area contributed by atoms with Gasteiger partial charge >= 0.3 is 0 Å². The second kappa shape index (κ2) is 7.44. The molecule has 0 bridgehead atoms. The molecule has 0 radical (unpaired) electrons. The number of hydrogen-bond acceptors (Lipinski definition) is 3. The predicted octanol–water partition coefficient (Wildman–Crippen LogP) is 1.94. The van der Waals surface area contributed by atoms with E-state index in [9.17, 15) is 9.18 Å². The van der Waals surface area contributed by atoms with Crippen LogP contribution in [0.3, 0.4) is 0 Å². The second-order valence-corrected chi connectivity index (χ2v) is 6.06. The molecule has 3 N–H and O–H groups in total. The maximum absolute atomic E-state index is 13.3. The van der Waals surface area contributed by atoms with E-state index in [1.807, 2.05) is 41.9 Å². The van der Waals surface area contributed by atoms with Crippen LogP contribution in [0.15, 0.2) is 48.5 Å². The average Bonchev–Trinajstić information content (AvgIpc) is 2.91. The Labute approximate surface area is 145 Å². The van der Waals surface area contributed by atoms with Gasteiger partial charge < -0.3 is 15.6 Å². The van der Waals surface area contributed by atoms with Crippen molar-refractivity contribution in [2.75, 3.05) is 6.54 Å². The maximum atomic E-state index is 13.3. The molecule has 0 saturated carbocycles. The van der Waals surface area contributed by atoms with Gasteiger partial charge in [0.2, 0.25) is 5.91 Å². The Hall–Kier alpha value is -2.73. The molecule has 1 heterocycles. The summed E-state index contributed by atoms with van der Waals surface area (Å²) in [4.78, 5) is 16.5. The van der Waals surface area contributed by atoms with Gasteiger partial charge in [-0.05, 0) is 24.1 Å². The Bertz CT molecular complexity index is 876. The highest BCUT2D eigenvalue weighted by molar-refractivity contribution is 5.81. The molecule has 1 amide bonds. The molecule has 1 aromatic heterocycles. The monoisotopic (exact) mass is 340 g/mol. The summed E-state index contributed by atoms with van der Waals surface area (Å²) in [5.74, 6) is 0.295. The van der Waals surface area contributed by atoms with E-state index in [0.717, 1.165) is 16.9 Å². The largest absolute Gasteiger partial charge is 0.354 e. The molecular weight excluding hydrogens is 319 g/mol. The van der Waals surface area contributed by atoms with Gasteiger partial charge in [-0.3, -0.25) is 4.79 Å². The van der Waals surface area contributed by atoms with Gasteiger partial charge in [-0.15, -0.1) is 0 Å². The lowest BCUT2D eigenvalue weighted by molar-refractivity contribution is -0.122. The number of nitrogens with two attached hydrogens (primary N) is 1. The third-order valence-electron chi connectivity index (χ3n) is 4.22. The highest BCUT2D eigenvalue weighted by Gasteiger charge is 2.14. The lowest BCUT2D eigenvalue weighted by atomic mass is 10.1. The number of nitrogens with one attached hydrogen (secondary N) is 1. The Morgan fingerprint density at radius 1 is 1.28 bits per heavy atom. The number of aryl methyl sites for hydroxylation is 1. The van der Waals surface area contributed by atoms with Crippen molar-refractivity contribution in [3.05, 3.63) is 65.7 Å². The van der Waals surface area contributed by atoms with E-state index in [4.69, 9.17) is 5.73 Å². The van der Waals surface area contributed by atoms with E-state index < -0.39 is 6.04 Å². The fourth-order valence-electron chi connectivity index (χ4n) is 2.84. The standard InChI is InChI=1S/C19H21FN4O/c1-24-17-8-7-14(20)12-16(17)23-18(24)9-10-22-19(25)15(21)11-13-5-3-2-4-6-13/h2-8,12,15H,9-11,21H2,1H3,(H,22,25). The summed E-state index contributed by atoms with van der Waals surface area (Å²) in [6.45, 7) is 0.432. The van der Waals surface area contributed by atoms with Crippen LogP contribution < -0.4 is 11.1 Å². The van der Waals surface area contributed by atoms with Gasteiger partial charge in [-0.25, -0.2) is 9.37 Å². The number of benzene rings is 2. The fourth-order valence-corrected chi connectivity index (χ4v) is 2.84. The van der Waals surface area contributed by atoms with Gasteiger partial charge in [0.25, 0.3) is 0 Å². The number of carbonyl (C=O) groups is 1. The molecule has 1 unspecified atom stereocenters. The van der Waals surface area contributed by atoms with Crippen molar-refractivity contribution in [3.63, 3.8) is 0 Å². The highest BCUT2D eigenvalue weighted by atomic mass is 19.1. The first-order valence-electron chi connectivity index (χ1n) is 8.22. The molecule has 5 nitrogen and oxygen atoms in total. The first-order chi connectivity index (χ1) is 12.0. The lowest BCUT2D eigenvalue weighted by Gasteiger charge is -2.12. The first-order valence-corrected chi connectivity index (χ1v) is 8.22. The zero-order valence-electron chi connectivity index (χ0n) is 14.1. The Morgan fingerprint density at radius 3 is 2.80 bits per heavy atom. The molecule has 25 heavy (non-hydrogen) atoms. The van der Waals surface area contributed by atoms with Crippen LogP contribution in [-0.4, -0.2) is 28.0 Å². The smallest absolute Gasteiger partial charge is 0.237 e. The zero-order valence-corrected chi connectivity index (χ0v) is 14.1. The van der Waals surface area contributed by atoms with E-state index >= 15 is 0 Å². The summed E-state index contributed by atoms with van der Waals surface area (Å²) in [5.41, 5.74) is 8.47. The van der Waals surface area contributed by atoms with Gasteiger partial charge in [0.05, 0.1) is 17.1 Å². The van der Waals surface area contributed by atoms with Crippen molar-refractivity contribution in [3.8, 4) is 0 Å². The molecule has 0 fully saturated rings. The number of rotatable bonds is 6. The molecular formula is C19H21FN4O. The van der Waals surface area contributed by atoms with Gasteiger partial charge in [0, 0.05) is 26.1 Å². The second-order valence-electron chi connectivity index (χ2n) is 6.06. The quantitative estimate of drug-likeness (QED) is 0.720. The number of carbonyl (C=O) groups excluding carboxylic acids is 1. The first kappa shape index (κ1) is 17.1. The molecule has 2 aromatic carbocycles. The molecule has 0 spiro atoms.